The van der Waals surface area contributed by atoms with Gasteiger partial charge in [-0.3, -0.25) is 14.6 Å². The molecule has 2 heterocycles. The molecule has 1 atom stereocenters. The molecule has 2 aromatic heterocycles. The molecule has 6 nitrogen and oxygen atoms in total. The second kappa shape index (κ2) is 8.22. The summed E-state index contributed by atoms with van der Waals surface area (Å²) >= 11 is 1.34. The maximum absolute atomic E-state index is 13.0. The van der Waals surface area contributed by atoms with Gasteiger partial charge < -0.3 is 15.0 Å². The molecule has 0 radical (unpaired) electrons. The van der Waals surface area contributed by atoms with Crippen molar-refractivity contribution in [2.75, 3.05) is 20.8 Å². The molecule has 25 heavy (non-hydrogen) atoms. The number of hydrogen-bond acceptors (Lipinski definition) is 5. The van der Waals surface area contributed by atoms with Gasteiger partial charge in [0, 0.05) is 20.4 Å². The van der Waals surface area contributed by atoms with Crippen LogP contribution in [0, 0.1) is 0 Å². The smallest absolute Gasteiger partial charge is 0.262 e. The summed E-state index contributed by atoms with van der Waals surface area (Å²) in [5, 5.41) is 4.63. The van der Waals surface area contributed by atoms with Crippen LogP contribution in [0.25, 0.3) is 0 Å². The fraction of sp³-hybridized carbons (Fsp3) is 0.389. The minimum absolute atomic E-state index is 0.217. The summed E-state index contributed by atoms with van der Waals surface area (Å²) in [5.74, 6) is -0.479. The van der Waals surface area contributed by atoms with Crippen LogP contribution < -0.4 is 5.32 Å². The van der Waals surface area contributed by atoms with Gasteiger partial charge in [-0.1, -0.05) is 12.1 Å². The Morgan fingerprint density at radius 3 is 2.64 bits per heavy atom. The van der Waals surface area contributed by atoms with Crippen molar-refractivity contribution in [3.05, 3.63) is 52.5 Å². The van der Waals surface area contributed by atoms with Gasteiger partial charge in [-0.2, -0.15) is 0 Å². The van der Waals surface area contributed by atoms with Crippen molar-refractivity contribution in [3.63, 3.8) is 0 Å². The van der Waals surface area contributed by atoms with E-state index in [0.717, 1.165) is 5.69 Å². The molecule has 0 bridgehead atoms. The summed E-state index contributed by atoms with van der Waals surface area (Å²) < 4.78 is 5.26. The number of carbonyl (C=O) groups excluding carboxylic acids is 2. The minimum atomic E-state index is -1.06. The van der Waals surface area contributed by atoms with Crippen LogP contribution in [0.4, 0.5) is 0 Å². The average Bonchev–Trinajstić information content (AvgIpc) is 3.13. The van der Waals surface area contributed by atoms with Crippen molar-refractivity contribution in [2.45, 2.75) is 25.4 Å². The molecular formula is C18H23N3O3S. The number of pyridine rings is 1. The van der Waals surface area contributed by atoms with Crippen molar-refractivity contribution in [1.29, 1.82) is 0 Å². The van der Waals surface area contributed by atoms with E-state index in [1.165, 1.54) is 11.3 Å². The van der Waals surface area contributed by atoms with Gasteiger partial charge in [-0.25, -0.2) is 0 Å². The lowest BCUT2D eigenvalue weighted by molar-refractivity contribution is -0.138. The standard InChI is InChI=1S/C18H23N3O3S/c1-18(2,20-16(22)15-9-7-11-25-15)17(23)21(3)14(12-24-4)13-8-5-6-10-19-13/h5-11,14H,12H2,1-4H3,(H,20,22)/t14-/m0/s1. The Bertz CT molecular complexity index is 702. The van der Waals surface area contributed by atoms with Crippen LogP contribution in [0.1, 0.15) is 35.3 Å². The molecule has 1 N–H and O–H groups in total. The first-order chi connectivity index (χ1) is 11.9. The summed E-state index contributed by atoms with van der Waals surface area (Å²) in [6, 6.07) is 8.73. The van der Waals surface area contributed by atoms with Crippen molar-refractivity contribution < 1.29 is 14.3 Å². The molecule has 0 unspecified atom stereocenters. The molecule has 0 saturated carbocycles. The van der Waals surface area contributed by atoms with Crippen LogP contribution in [-0.4, -0.2) is 48.0 Å². The van der Waals surface area contributed by atoms with E-state index in [-0.39, 0.29) is 17.9 Å². The van der Waals surface area contributed by atoms with Crippen LogP contribution in [0.5, 0.6) is 0 Å². The number of aromatic nitrogens is 1. The highest BCUT2D eigenvalue weighted by Gasteiger charge is 2.36. The lowest BCUT2D eigenvalue weighted by atomic mass is 10.0. The van der Waals surface area contributed by atoms with Crippen LogP contribution in [0.15, 0.2) is 41.9 Å². The molecule has 2 rings (SSSR count). The predicted molar refractivity (Wildman–Crippen MR) is 97.5 cm³/mol. The number of likely N-dealkylation sites (N-methyl/N-ethyl adjacent to an activating group) is 1. The Balaban J connectivity index is 2.16. The number of carbonyl (C=O) groups is 2. The summed E-state index contributed by atoms with van der Waals surface area (Å²) in [6.45, 7) is 3.70. The van der Waals surface area contributed by atoms with Gasteiger partial charge in [-0.05, 0) is 37.4 Å². The molecule has 2 amide bonds. The van der Waals surface area contributed by atoms with Crippen LogP contribution in [0.3, 0.4) is 0 Å². The first kappa shape index (κ1) is 19.1. The van der Waals surface area contributed by atoms with Crippen LogP contribution in [-0.2, 0) is 9.53 Å². The van der Waals surface area contributed by atoms with Gasteiger partial charge in [0.05, 0.1) is 23.2 Å². The molecule has 0 aliphatic rings. The van der Waals surface area contributed by atoms with Gasteiger partial charge in [0.15, 0.2) is 0 Å². The van der Waals surface area contributed by atoms with E-state index < -0.39 is 5.54 Å². The normalized spacial score (nSPS) is 12.5. The van der Waals surface area contributed by atoms with Gasteiger partial charge in [0.2, 0.25) is 5.91 Å². The van der Waals surface area contributed by atoms with E-state index in [1.807, 2.05) is 23.6 Å². The molecule has 2 aromatic rings. The molecule has 0 fully saturated rings. The summed E-state index contributed by atoms with van der Waals surface area (Å²) in [7, 11) is 3.28. The van der Waals surface area contributed by atoms with Gasteiger partial charge in [0.1, 0.15) is 5.54 Å². The van der Waals surface area contributed by atoms with E-state index in [9.17, 15) is 9.59 Å². The van der Waals surface area contributed by atoms with Gasteiger partial charge in [0.25, 0.3) is 5.91 Å². The molecule has 0 spiro atoms. The second-order valence-electron chi connectivity index (χ2n) is 6.20. The third kappa shape index (κ3) is 4.64. The molecule has 0 aromatic carbocycles. The van der Waals surface area contributed by atoms with E-state index in [1.54, 1.807) is 51.2 Å². The number of rotatable bonds is 7. The van der Waals surface area contributed by atoms with Crippen LogP contribution in [0.2, 0.25) is 0 Å². The third-order valence-corrected chi connectivity index (χ3v) is 4.72. The summed E-state index contributed by atoms with van der Waals surface area (Å²) in [5.41, 5.74) is -0.322. The average molecular weight is 361 g/mol. The number of nitrogens with zero attached hydrogens (tertiary/aromatic N) is 2. The molecule has 0 saturated heterocycles. The number of hydrogen-bond donors (Lipinski definition) is 1. The van der Waals surface area contributed by atoms with E-state index in [0.29, 0.717) is 11.5 Å². The monoisotopic (exact) mass is 361 g/mol. The predicted octanol–water partition coefficient (Wildman–Crippen LogP) is 2.50. The molecule has 134 valence electrons. The fourth-order valence-corrected chi connectivity index (χ4v) is 3.13. The zero-order chi connectivity index (χ0) is 18.4. The number of ether oxygens (including phenoxy) is 1. The highest BCUT2D eigenvalue weighted by Crippen LogP contribution is 2.21. The summed E-state index contributed by atoms with van der Waals surface area (Å²) in [6.07, 6.45) is 1.68. The van der Waals surface area contributed by atoms with Crippen LogP contribution >= 0.6 is 11.3 Å². The fourth-order valence-electron chi connectivity index (χ4n) is 2.52. The van der Waals surface area contributed by atoms with E-state index >= 15 is 0 Å². The third-order valence-electron chi connectivity index (χ3n) is 3.85. The van der Waals surface area contributed by atoms with Gasteiger partial charge >= 0.3 is 0 Å². The Hall–Kier alpha value is -2.25. The number of thiophene rings is 1. The first-order valence-corrected chi connectivity index (χ1v) is 8.78. The second-order valence-corrected chi connectivity index (χ2v) is 7.15. The minimum Gasteiger partial charge on any atom is -0.382 e. The molecular weight excluding hydrogens is 338 g/mol. The quantitative estimate of drug-likeness (QED) is 0.822. The lowest BCUT2D eigenvalue weighted by Gasteiger charge is -2.34. The summed E-state index contributed by atoms with van der Waals surface area (Å²) in [4.78, 5) is 31.8. The maximum atomic E-state index is 13.0. The van der Waals surface area contributed by atoms with Crippen molar-refractivity contribution in [1.82, 2.24) is 15.2 Å². The largest absolute Gasteiger partial charge is 0.382 e. The topological polar surface area (TPSA) is 71.5 Å². The molecule has 0 aliphatic heterocycles. The zero-order valence-corrected chi connectivity index (χ0v) is 15.7. The van der Waals surface area contributed by atoms with Gasteiger partial charge in [-0.15, -0.1) is 11.3 Å². The molecule has 0 aliphatic carbocycles. The SMILES string of the molecule is COC[C@@H](c1ccccn1)N(C)C(=O)C(C)(C)NC(=O)c1cccs1. The van der Waals surface area contributed by atoms with E-state index in [2.05, 4.69) is 10.3 Å². The molecule has 7 heteroatoms. The number of amides is 2. The Morgan fingerprint density at radius 2 is 2.08 bits per heavy atom. The van der Waals surface area contributed by atoms with E-state index in [4.69, 9.17) is 4.74 Å². The Morgan fingerprint density at radius 1 is 1.32 bits per heavy atom. The van der Waals surface area contributed by atoms with Crippen molar-refractivity contribution in [2.24, 2.45) is 0 Å². The van der Waals surface area contributed by atoms with Crippen molar-refractivity contribution >= 4 is 23.2 Å². The Labute approximate surface area is 151 Å². The highest BCUT2D eigenvalue weighted by molar-refractivity contribution is 7.12. The highest BCUT2D eigenvalue weighted by atomic mass is 32.1. The zero-order valence-electron chi connectivity index (χ0n) is 14.9. The lowest BCUT2D eigenvalue weighted by Crippen LogP contribution is -2.56. The number of nitrogens with one attached hydrogen (secondary N) is 1. The first-order valence-electron chi connectivity index (χ1n) is 7.90. The Kier molecular flexibility index (Phi) is 6.27. The van der Waals surface area contributed by atoms with Crippen molar-refractivity contribution in [3.8, 4) is 0 Å². The maximum Gasteiger partial charge on any atom is 0.262 e. The number of methoxy groups -OCH3 is 1.